The first-order chi connectivity index (χ1) is 13.7. The van der Waals surface area contributed by atoms with E-state index < -0.39 is 0 Å². The number of hydrogen-bond donors (Lipinski definition) is 1. The van der Waals surface area contributed by atoms with Crippen molar-refractivity contribution in [2.75, 3.05) is 51.8 Å². The third-order valence-electron chi connectivity index (χ3n) is 4.92. The van der Waals surface area contributed by atoms with Crippen molar-refractivity contribution in [1.82, 2.24) is 19.6 Å². The lowest BCUT2D eigenvalue weighted by Crippen LogP contribution is -2.52. The number of piperazine rings is 1. The van der Waals surface area contributed by atoms with E-state index in [-0.39, 0.29) is 24.0 Å². The van der Waals surface area contributed by atoms with E-state index >= 15 is 0 Å². The van der Waals surface area contributed by atoms with Crippen LogP contribution in [0.5, 0.6) is 5.75 Å². The molecule has 0 unspecified atom stereocenters. The maximum absolute atomic E-state index is 5.21. The summed E-state index contributed by atoms with van der Waals surface area (Å²) in [5, 5.41) is 4.55. The zero-order valence-corrected chi connectivity index (χ0v) is 20.6. The molecule has 1 aliphatic heterocycles. The first kappa shape index (κ1) is 23.7. The molecule has 160 valence electrons. The summed E-state index contributed by atoms with van der Waals surface area (Å²) in [6, 6.07) is 8.29. The molecular weight excluding hydrogens is 499 g/mol. The lowest BCUT2D eigenvalue weighted by molar-refractivity contribution is 0.372. The van der Waals surface area contributed by atoms with Crippen LogP contribution in [0.4, 0.5) is 5.13 Å². The van der Waals surface area contributed by atoms with Gasteiger partial charge in [-0.2, -0.15) is 4.37 Å². The smallest absolute Gasteiger partial charge is 0.205 e. The highest BCUT2D eigenvalue weighted by atomic mass is 127. The van der Waals surface area contributed by atoms with Gasteiger partial charge in [0.05, 0.1) is 7.11 Å². The normalized spacial score (nSPS) is 14.5. The van der Waals surface area contributed by atoms with Gasteiger partial charge >= 0.3 is 0 Å². The van der Waals surface area contributed by atoms with E-state index in [4.69, 9.17) is 4.74 Å². The van der Waals surface area contributed by atoms with Crippen molar-refractivity contribution < 1.29 is 4.74 Å². The first-order valence-corrected chi connectivity index (χ1v) is 10.7. The van der Waals surface area contributed by atoms with Gasteiger partial charge in [-0.1, -0.05) is 19.1 Å². The molecule has 9 heteroatoms. The van der Waals surface area contributed by atoms with Gasteiger partial charge in [0.15, 0.2) is 5.96 Å². The number of nitrogens with zero attached hydrogens (tertiary/aromatic N) is 5. The zero-order chi connectivity index (χ0) is 19.8. The van der Waals surface area contributed by atoms with Crippen LogP contribution in [-0.2, 0) is 12.8 Å². The summed E-state index contributed by atoms with van der Waals surface area (Å²) in [4.78, 5) is 13.7. The van der Waals surface area contributed by atoms with E-state index in [9.17, 15) is 0 Å². The molecule has 1 aromatic heterocycles. The van der Waals surface area contributed by atoms with E-state index in [0.717, 1.165) is 74.7 Å². The molecular formula is C20H31IN6OS. The summed E-state index contributed by atoms with van der Waals surface area (Å²) in [5.41, 5.74) is 1.33. The predicted molar refractivity (Wildman–Crippen MR) is 131 cm³/mol. The van der Waals surface area contributed by atoms with Crippen LogP contribution in [-0.4, -0.2) is 67.1 Å². The van der Waals surface area contributed by atoms with Crippen LogP contribution in [0.1, 0.15) is 24.7 Å². The van der Waals surface area contributed by atoms with E-state index in [1.54, 1.807) is 7.11 Å². The van der Waals surface area contributed by atoms with Crippen LogP contribution in [0.3, 0.4) is 0 Å². The van der Waals surface area contributed by atoms with Crippen LogP contribution in [0, 0.1) is 0 Å². The number of benzene rings is 1. The predicted octanol–water partition coefficient (Wildman–Crippen LogP) is 3.06. The maximum Gasteiger partial charge on any atom is 0.205 e. The third kappa shape index (κ3) is 6.70. The highest BCUT2D eigenvalue weighted by molar-refractivity contribution is 14.0. The van der Waals surface area contributed by atoms with Gasteiger partial charge in [-0.15, -0.1) is 24.0 Å². The highest BCUT2D eigenvalue weighted by Gasteiger charge is 2.21. The number of halogens is 1. The van der Waals surface area contributed by atoms with E-state index in [2.05, 4.69) is 48.5 Å². The summed E-state index contributed by atoms with van der Waals surface area (Å²) < 4.78 is 9.60. The molecule has 0 radical (unpaired) electrons. The monoisotopic (exact) mass is 530 g/mol. The largest absolute Gasteiger partial charge is 0.497 e. The minimum atomic E-state index is 0. The van der Waals surface area contributed by atoms with Crippen molar-refractivity contribution in [3.05, 3.63) is 35.7 Å². The molecule has 1 aliphatic rings. The van der Waals surface area contributed by atoms with Gasteiger partial charge in [0.25, 0.3) is 0 Å². The number of rotatable bonds is 7. The number of anilines is 1. The molecule has 29 heavy (non-hydrogen) atoms. The fraction of sp³-hybridized carbons (Fsp3) is 0.550. The minimum absolute atomic E-state index is 0. The van der Waals surface area contributed by atoms with Crippen LogP contribution in [0.25, 0.3) is 0 Å². The van der Waals surface area contributed by atoms with Crippen LogP contribution < -0.4 is 15.0 Å². The Kier molecular flexibility index (Phi) is 9.92. The van der Waals surface area contributed by atoms with Crippen molar-refractivity contribution in [3.63, 3.8) is 0 Å². The Balaban J connectivity index is 0.00000300. The molecule has 0 spiro atoms. The number of aromatic nitrogens is 2. The average Bonchev–Trinajstić information content (AvgIpc) is 3.24. The fourth-order valence-corrected chi connectivity index (χ4v) is 4.04. The molecule has 0 bridgehead atoms. The second-order valence-electron chi connectivity index (χ2n) is 6.75. The molecule has 1 N–H and O–H groups in total. The van der Waals surface area contributed by atoms with E-state index in [1.807, 2.05) is 19.2 Å². The van der Waals surface area contributed by atoms with Gasteiger partial charge in [-0.05, 0) is 30.5 Å². The number of aryl methyl sites for hydroxylation is 2. The lowest BCUT2D eigenvalue weighted by atomic mass is 10.1. The van der Waals surface area contributed by atoms with Gasteiger partial charge in [-0.3, -0.25) is 4.99 Å². The fourth-order valence-electron chi connectivity index (χ4n) is 3.24. The second kappa shape index (κ2) is 12.2. The molecule has 2 heterocycles. The van der Waals surface area contributed by atoms with Gasteiger partial charge in [0.1, 0.15) is 11.6 Å². The van der Waals surface area contributed by atoms with Crippen LogP contribution >= 0.6 is 35.5 Å². The zero-order valence-electron chi connectivity index (χ0n) is 17.4. The Morgan fingerprint density at radius 3 is 2.52 bits per heavy atom. The number of nitrogens with one attached hydrogen (secondary N) is 1. The number of ether oxygens (including phenoxy) is 1. The molecule has 1 saturated heterocycles. The third-order valence-corrected chi connectivity index (χ3v) is 5.73. The molecule has 0 saturated carbocycles. The standard InChI is InChI=1S/C20H30N6OS.HI/c1-4-18-23-20(28-24-18)26-14-12-25(13-15-26)19(21-2)22-11-5-6-16-7-9-17(27-3)10-8-16;/h7-10H,4-6,11-15H2,1-3H3,(H,21,22);1H. The molecule has 0 aliphatic carbocycles. The molecule has 1 fully saturated rings. The number of hydrogen-bond acceptors (Lipinski definition) is 6. The summed E-state index contributed by atoms with van der Waals surface area (Å²) in [6.45, 7) is 6.79. The quantitative estimate of drug-likeness (QED) is 0.257. The van der Waals surface area contributed by atoms with Gasteiger partial charge in [0.2, 0.25) is 5.13 Å². The summed E-state index contributed by atoms with van der Waals surface area (Å²) in [7, 11) is 3.55. The average molecular weight is 530 g/mol. The van der Waals surface area contributed by atoms with Gasteiger partial charge in [-0.25, -0.2) is 4.98 Å². The molecule has 0 atom stereocenters. The Hall–Kier alpha value is -1.62. The van der Waals surface area contributed by atoms with Crippen LogP contribution in [0.15, 0.2) is 29.3 Å². The van der Waals surface area contributed by atoms with Crippen molar-refractivity contribution in [3.8, 4) is 5.75 Å². The SMILES string of the molecule is CCc1nsc(N2CCN(C(=NC)NCCCc3ccc(OC)cc3)CC2)n1.I. The Labute approximate surface area is 194 Å². The molecule has 7 nitrogen and oxygen atoms in total. The van der Waals surface area contributed by atoms with Crippen molar-refractivity contribution in [2.45, 2.75) is 26.2 Å². The van der Waals surface area contributed by atoms with Gasteiger partial charge < -0.3 is 19.9 Å². The molecule has 2 aromatic rings. The molecule has 0 amide bonds. The number of methoxy groups -OCH3 is 1. The number of aliphatic imine (C=N–C) groups is 1. The van der Waals surface area contributed by atoms with Crippen molar-refractivity contribution in [1.29, 1.82) is 0 Å². The van der Waals surface area contributed by atoms with Crippen molar-refractivity contribution >= 4 is 46.6 Å². The Morgan fingerprint density at radius 1 is 1.21 bits per heavy atom. The van der Waals surface area contributed by atoms with Gasteiger partial charge in [0, 0.05) is 57.7 Å². The molecule has 3 rings (SSSR count). The topological polar surface area (TPSA) is 65.9 Å². The Bertz CT molecular complexity index is 759. The summed E-state index contributed by atoms with van der Waals surface area (Å²) in [6.07, 6.45) is 3.00. The Morgan fingerprint density at radius 2 is 1.93 bits per heavy atom. The lowest BCUT2D eigenvalue weighted by Gasteiger charge is -2.36. The summed E-state index contributed by atoms with van der Waals surface area (Å²) >= 11 is 1.51. The van der Waals surface area contributed by atoms with Crippen molar-refractivity contribution in [2.24, 2.45) is 4.99 Å². The van der Waals surface area contributed by atoms with E-state index in [1.165, 1.54) is 17.1 Å². The van der Waals surface area contributed by atoms with Crippen LogP contribution in [0.2, 0.25) is 0 Å². The number of guanidine groups is 1. The first-order valence-electron chi connectivity index (χ1n) is 9.89. The summed E-state index contributed by atoms with van der Waals surface area (Å²) in [5.74, 6) is 2.83. The maximum atomic E-state index is 5.21. The second-order valence-corrected chi connectivity index (χ2v) is 7.48. The molecule has 1 aromatic carbocycles. The minimum Gasteiger partial charge on any atom is -0.497 e. The highest BCUT2D eigenvalue weighted by Crippen LogP contribution is 2.19. The van der Waals surface area contributed by atoms with E-state index in [0.29, 0.717) is 0 Å².